The van der Waals surface area contributed by atoms with Crippen LogP contribution in [-0.4, -0.2) is 50.0 Å². The minimum atomic E-state index is -0.550. The normalized spacial score (nSPS) is 17.4. The largest absolute Gasteiger partial charge is 0.394 e. The summed E-state index contributed by atoms with van der Waals surface area (Å²) in [6.45, 7) is 1.91. The molecule has 0 atom stereocenters. The lowest BCUT2D eigenvalue weighted by Gasteiger charge is -2.36. The predicted octanol–water partition coefficient (Wildman–Crippen LogP) is 0.720. The van der Waals surface area contributed by atoms with Gasteiger partial charge >= 0.3 is 0 Å². The minimum Gasteiger partial charge on any atom is -0.394 e. The highest BCUT2D eigenvalue weighted by atomic mass is 16.5. The van der Waals surface area contributed by atoms with Crippen LogP contribution in [-0.2, 0) is 11.2 Å². The smallest absolute Gasteiger partial charge is 0.252 e. The fourth-order valence-electron chi connectivity index (χ4n) is 2.61. The van der Waals surface area contributed by atoms with Gasteiger partial charge < -0.3 is 20.5 Å². The van der Waals surface area contributed by atoms with Crippen molar-refractivity contribution in [1.29, 1.82) is 0 Å². The molecule has 1 fully saturated rings. The molecule has 5 nitrogen and oxygen atoms in total. The minimum absolute atomic E-state index is 0.0548. The third kappa shape index (κ3) is 4.03. The van der Waals surface area contributed by atoms with Crippen molar-refractivity contribution in [3.63, 3.8) is 0 Å². The van der Waals surface area contributed by atoms with Crippen LogP contribution in [0.5, 0.6) is 0 Å². The van der Waals surface area contributed by atoms with E-state index in [0.717, 1.165) is 18.5 Å². The average molecular weight is 292 g/mol. The molecule has 0 spiro atoms. The van der Waals surface area contributed by atoms with Gasteiger partial charge in [-0.1, -0.05) is 18.2 Å². The second-order valence-corrected chi connectivity index (χ2v) is 5.52. The van der Waals surface area contributed by atoms with Crippen LogP contribution < -0.4 is 10.6 Å². The monoisotopic (exact) mass is 292 g/mol. The summed E-state index contributed by atoms with van der Waals surface area (Å²) >= 11 is 0. The summed E-state index contributed by atoms with van der Waals surface area (Å²) in [5.41, 5.74) is 1.16. The van der Waals surface area contributed by atoms with Crippen LogP contribution >= 0.6 is 0 Å². The molecule has 21 heavy (non-hydrogen) atoms. The standard InChI is InChI=1S/C16H24N2O3/c1-17-9-6-13-4-2-3-5-14(13)15(20)18-16(12-19)7-10-21-11-8-16/h2-5,17,19H,6-12H2,1H3,(H,18,20). The molecule has 0 unspecified atom stereocenters. The number of carbonyl (C=O) groups excluding carboxylic acids is 1. The molecule has 0 saturated carbocycles. The quantitative estimate of drug-likeness (QED) is 0.722. The summed E-state index contributed by atoms with van der Waals surface area (Å²) in [5, 5.41) is 15.8. The lowest BCUT2D eigenvalue weighted by molar-refractivity contribution is 0.0125. The Morgan fingerprint density at radius 2 is 2.05 bits per heavy atom. The van der Waals surface area contributed by atoms with Crippen LogP contribution in [0.3, 0.4) is 0 Å². The highest BCUT2D eigenvalue weighted by molar-refractivity contribution is 5.96. The van der Waals surface area contributed by atoms with E-state index in [1.165, 1.54) is 0 Å². The fourth-order valence-corrected chi connectivity index (χ4v) is 2.61. The van der Waals surface area contributed by atoms with Crippen LogP contribution in [0.2, 0.25) is 0 Å². The maximum absolute atomic E-state index is 12.6. The molecule has 1 saturated heterocycles. The SMILES string of the molecule is CNCCc1ccccc1C(=O)NC1(CO)CCOCC1. The Kier molecular flexibility index (Phi) is 5.73. The molecule has 1 aromatic rings. The van der Waals surface area contributed by atoms with Crippen molar-refractivity contribution < 1.29 is 14.6 Å². The molecule has 3 N–H and O–H groups in total. The summed E-state index contributed by atoms with van der Waals surface area (Å²) in [5.74, 6) is -0.113. The fraction of sp³-hybridized carbons (Fsp3) is 0.562. The third-order valence-electron chi connectivity index (χ3n) is 4.04. The van der Waals surface area contributed by atoms with E-state index >= 15 is 0 Å². The number of ether oxygens (including phenoxy) is 1. The van der Waals surface area contributed by atoms with Gasteiger partial charge in [0, 0.05) is 18.8 Å². The molecule has 116 valence electrons. The van der Waals surface area contributed by atoms with Crippen LogP contribution in [0.25, 0.3) is 0 Å². The first-order chi connectivity index (χ1) is 10.2. The molecular formula is C16H24N2O3. The first-order valence-electron chi connectivity index (χ1n) is 7.44. The van der Waals surface area contributed by atoms with Crippen molar-refractivity contribution in [2.24, 2.45) is 0 Å². The third-order valence-corrected chi connectivity index (χ3v) is 4.04. The van der Waals surface area contributed by atoms with E-state index in [-0.39, 0.29) is 12.5 Å². The summed E-state index contributed by atoms with van der Waals surface area (Å²) < 4.78 is 5.32. The van der Waals surface area contributed by atoms with E-state index in [9.17, 15) is 9.90 Å². The van der Waals surface area contributed by atoms with Crippen molar-refractivity contribution >= 4 is 5.91 Å². The van der Waals surface area contributed by atoms with Gasteiger partial charge in [0.15, 0.2) is 0 Å². The number of amides is 1. The maximum Gasteiger partial charge on any atom is 0.252 e. The first kappa shape index (κ1) is 15.9. The molecule has 1 aliphatic rings. The van der Waals surface area contributed by atoms with Crippen LogP contribution in [0.15, 0.2) is 24.3 Å². The second-order valence-electron chi connectivity index (χ2n) is 5.52. The Balaban J connectivity index is 2.12. The van der Waals surface area contributed by atoms with E-state index in [1.807, 2.05) is 31.3 Å². The van der Waals surface area contributed by atoms with E-state index in [2.05, 4.69) is 10.6 Å². The number of hydrogen-bond acceptors (Lipinski definition) is 4. The van der Waals surface area contributed by atoms with Crippen molar-refractivity contribution in [2.75, 3.05) is 33.4 Å². The zero-order valence-corrected chi connectivity index (χ0v) is 12.5. The summed E-state index contributed by atoms with van der Waals surface area (Å²) in [6.07, 6.45) is 2.09. The molecule has 1 aromatic carbocycles. The number of carbonyl (C=O) groups is 1. The number of likely N-dealkylation sites (N-methyl/N-ethyl adjacent to an activating group) is 1. The lowest BCUT2D eigenvalue weighted by atomic mass is 9.90. The van der Waals surface area contributed by atoms with E-state index in [0.29, 0.717) is 31.6 Å². The molecule has 0 bridgehead atoms. The summed E-state index contributed by atoms with van der Waals surface area (Å²) in [6, 6.07) is 7.62. The average Bonchev–Trinajstić information content (AvgIpc) is 2.54. The number of hydrogen-bond donors (Lipinski definition) is 3. The van der Waals surface area contributed by atoms with Gasteiger partial charge in [-0.3, -0.25) is 4.79 Å². The zero-order valence-electron chi connectivity index (χ0n) is 12.5. The molecule has 1 heterocycles. The molecule has 2 rings (SSSR count). The number of aliphatic hydroxyl groups excluding tert-OH is 1. The molecule has 5 heteroatoms. The number of benzene rings is 1. The van der Waals surface area contributed by atoms with Gasteiger partial charge in [-0.15, -0.1) is 0 Å². The topological polar surface area (TPSA) is 70.6 Å². The number of rotatable bonds is 6. The Hall–Kier alpha value is -1.43. The van der Waals surface area contributed by atoms with Crippen LogP contribution in [0, 0.1) is 0 Å². The van der Waals surface area contributed by atoms with Crippen molar-refractivity contribution in [3.05, 3.63) is 35.4 Å². The van der Waals surface area contributed by atoms with Gasteiger partial charge in [0.1, 0.15) is 0 Å². The summed E-state index contributed by atoms with van der Waals surface area (Å²) in [7, 11) is 1.89. The van der Waals surface area contributed by atoms with E-state index < -0.39 is 5.54 Å². The van der Waals surface area contributed by atoms with Crippen molar-refractivity contribution in [2.45, 2.75) is 24.8 Å². The van der Waals surface area contributed by atoms with Gasteiger partial charge in [0.05, 0.1) is 12.1 Å². The van der Waals surface area contributed by atoms with Gasteiger partial charge in [-0.05, 0) is 44.5 Å². The zero-order chi connectivity index (χ0) is 15.1. The maximum atomic E-state index is 12.6. The van der Waals surface area contributed by atoms with Crippen molar-refractivity contribution in [3.8, 4) is 0 Å². The highest BCUT2D eigenvalue weighted by Gasteiger charge is 2.34. The molecule has 1 aliphatic heterocycles. The van der Waals surface area contributed by atoms with E-state index in [1.54, 1.807) is 0 Å². The molecule has 0 aromatic heterocycles. The van der Waals surface area contributed by atoms with Gasteiger partial charge in [0.25, 0.3) is 5.91 Å². The molecule has 0 aliphatic carbocycles. The molecule has 0 radical (unpaired) electrons. The lowest BCUT2D eigenvalue weighted by Crippen LogP contribution is -2.54. The van der Waals surface area contributed by atoms with Crippen molar-refractivity contribution in [1.82, 2.24) is 10.6 Å². The Morgan fingerprint density at radius 3 is 2.71 bits per heavy atom. The Morgan fingerprint density at radius 1 is 1.33 bits per heavy atom. The van der Waals surface area contributed by atoms with Crippen LogP contribution in [0.4, 0.5) is 0 Å². The van der Waals surface area contributed by atoms with Gasteiger partial charge in [-0.2, -0.15) is 0 Å². The highest BCUT2D eigenvalue weighted by Crippen LogP contribution is 2.21. The van der Waals surface area contributed by atoms with Gasteiger partial charge in [-0.25, -0.2) is 0 Å². The number of aliphatic hydroxyl groups is 1. The van der Waals surface area contributed by atoms with Gasteiger partial charge in [0.2, 0.25) is 0 Å². The Bertz CT molecular complexity index is 470. The Labute approximate surface area is 125 Å². The predicted molar refractivity (Wildman–Crippen MR) is 81.4 cm³/mol. The second kappa shape index (κ2) is 7.54. The number of nitrogens with one attached hydrogen (secondary N) is 2. The van der Waals surface area contributed by atoms with Crippen LogP contribution in [0.1, 0.15) is 28.8 Å². The molecular weight excluding hydrogens is 268 g/mol. The van der Waals surface area contributed by atoms with E-state index in [4.69, 9.17) is 4.74 Å². The first-order valence-corrected chi connectivity index (χ1v) is 7.44. The molecule has 1 amide bonds. The summed E-state index contributed by atoms with van der Waals surface area (Å²) in [4.78, 5) is 12.6.